The Balaban J connectivity index is 1.65. The SMILES string of the molecule is COc1cc(OC)cc(C(=O)NNC(=O)c2cc3c(s2)CCCCC3)c1. The van der Waals surface area contributed by atoms with Crippen LogP contribution in [0.3, 0.4) is 0 Å². The largest absolute Gasteiger partial charge is 0.497 e. The first-order valence-electron chi connectivity index (χ1n) is 8.56. The van der Waals surface area contributed by atoms with E-state index in [1.165, 1.54) is 55.3 Å². The lowest BCUT2D eigenvalue weighted by Crippen LogP contribution is -2.41. The van der Waals surface area contributed by atoms with E-state index in [-0.39, 0.29) is 5.91 Å². The quantitative estimate of drug-likeness (QED) is 0.637. The number of hydrogen-bond acceptors (Lipinski definition) is 5. The van der Waals surface area contributed by atoms with Gasteiger partial charge in [0, 0.05) is 16.5 Å². The van der Waals surface area contributed by atoms with Gasteiger partial charge in [-0.3, -0.25) is 20.4 Å². The van der Waals surface area contributed by atoms with Gasteiger partial charge in [0.05, 0.1) is 19.1 Å². The Morgan fingerprint density at radius 2 is 1.54 bits per heavy atom. The van der Waals surface area contributed by atoms with E-state index in [2.05, 4.69) is 10.9 Å². The Morgan fingerprint density at radius 3 is 2.23 bits per heavy atom. The van der Waals surface area contributed by atoms with Crippen molar-refractivity contribution in [3.8, 4) is 11.5 Å². The summed E-state index contributed by atoms with van der Waals surface area (Å²) in [4.78, 5) is 26.6. The van der Waals surface area contributed by atoms with Crippen molar-refractivity contribution < 1.29 is 19.1 Å². The van der Waals surface area contributed by atoms with Crippen molar-refractivity contribution in [2.45, 2.75) is 32.1 Å². The fraction of sp³-hybridized carbons (Fsp3) is 0.368. The van der Waals surface area contributed by atoms with Crippen LogP contribution in [0.4, 0.5) is 0 Å². The van der Waals surface area contributed by atoms with Crippen LogP contribution in [-0.2, 0) is 12.8 Å². The van der Waals surface area contributed by atoms with Gasteiger partial charge in [0.25, 0.3) is 11.8 Å². The van der Waals surface area contributed by atoms with Crippen LogP contribution in [-0.4, -0.2) is 26.0 Å². The van der Waals surface area contributed by atoms with Gasteiger partial charge in [-0.15, -0.1) is 11.3 Å². The molecule has 2 aromatic rings. The molecule has 0 saturated carbocycles. The van der Waals surface area contributed by atoms with E-state index < -0.39 is 5.91 Å². The van der Waals surface area contributed by atoms with Gasteiger partial charge in [-0.1, -0.05) is 6.42 Å². The molecule has 0 saturated heterocycles. The molecule has 1 aromatic heterocycles. The van der Waals surface area contributed by atoms with Crippen molar-refractivity contribution in [1.29, 1.82) is 0 Å². The molecule has 0 atom stereocenters. The van der Waals surface area contributed by atoms with Crippen molar-refractivity contribution >= 4 is 23.2 Å². The molecule has 1 aliphatic carbocycles. The summed E-state index contributed by atoms with van der Waals surface area (Å²) in [6.07, 6.45) is 5.63. The fourth-order valence-electron chi connectivity index (χ4n) is 2.97. The molecule has 2 amide bonds. The van der Waals surface area contributed by atoms with Crippen molar-refractivity contribution in [2.24, 2.45) is 0 Å². The van der Waals surface area contributed by atoms with Crippen LogP contribution in [0.1, 0.15) is 49.7 Å². The number of carbonyl (C=O) groups is 2. The second-order valence-corrected chi connectivity index (χ2v) is 7.27. The number of hydrogen-bond donors (Lipinski definition) is 2. The van der Waals surface area contributed by atoms with Gasteiger partial charge < -0.3 is 9.47 Å². The molecule has 1 heterocycles. The first-order chi connectivity index (χ1) is 12.6. The molecule has 2 N–H and O–H groups in total. The summed E-state index contributed by atoms with van der Waals surface area (Å²) in [6.45, 7) is 0. The van der Waals surface area contributed by atoms with Gasteiger partial charge in [0.1, 0.15) is 11.5 Å². The van der Waals surface area contributed by atoms with Gasteiger partial charge in [-0.25, -0.2) is 0 Å². The highest BCUT2D eigenvalue weighted by atomic mass is 32.1. The van der Waals surface area contributed by atoms with Crippen molar-refractivity contribution in [3.05, 3.63) is 45.1 Å². The van der Waals surface area contributed by atoms with E-state index in [1.807, 2.05) is 6.07 Å². The lowest BCUT2D eigenvalue weighted by atomic mass is 10.1. The molecule has 0 spiro atoms. The molecule has 26 heavy (non-hydrogen) atoms. The lowest BCUT2D eigenvalue weighted by Gasteiger charge is -2.09. The topological polar surface area (TPSA) is 76.7 Å². The molecule has 138 valence electrons. The summed E-state index contributed by atoms with van der Waals surface area (Å²) >= 11 is 1.51. The number of benzene rings is 1. The molecule has 1 aliphatic rings. The van der Waals surface area contributed by atoms with Crippen LogP contribution in [0.2, 0.25) is 0 Å². The number of thiophene rings is 1. The van der Waals surface area contributed by atoms with Crippen molar-refractivity contribution in [3.63, 3.8) is 0 Å². The third kappa shape index (κ3) is 4.16. The average Bonchev–Trinajstić information content (AvgIpc) is 2.95. The highest BCUT2D eigenvalue weighted by molar-refractivity contribution is 7.14. The average molecular weight is 374 g/mol. The Kier molecular flexibility index (Phi) is 5.78. The molecular formula is C19H22N2O4S. The molecule has 0 fully saturated rings. The number of carbonyl (C=O) groups excluding carboxylic acids is 2. The Morgan fingerprint density at radius 1 is 0.885 bits per heavy atom. The highest BCUT2D eigenvalue weighted by Gasteiger charge is 2.17. The molecule has 6 nitrogen and oxygen atoms in total. The molecular weight excluding hydrogens is 352 g/mol. The summed E-state index contributed by atoms with van der Waals surface area (Å²) in [5.74, 6) is 0.269. The zero-order valence-electron chi connectivity index (χ0n) is 14.9. The number of nitrogens with one attached hydrogen (secondary N) is 2. The fourth-order valence-corrected chi connectivity index (χ4v) is 4.11. The zero-order valence-corrected chi connectivity index (χ0v) is 15.7. The first-order valence-corrected chi connectivity index (χ1v) is 9.37. The van der Waals surface area contributed by atoms with E-state index in [0.29, 0.717) is 21.9 Å². The molecule has 1 aromatic carbocycles. The molecule has 0 aliphatic heterocycles. The van der Waals surface area contributed by atoms with Gasteiger partial charge in [0.2, 0.25) is 0 Å². The summed E-state index contributed by atoms with van der Waals surface area (Å²) in [7, 11) is 3.03. The van der Waals surface area contributed by atoms with Crippen LogP contribution in [0.25, 0.3) is 0 Å². The Bertz CT molecular complexity index is 770. The smallest absolute Gasteiger partial charge is 0.279 e. The molecule has 0 radical (unpaired) electrons. The minimum atomic E-state index is -0.436. The predicted molar refractivity (Wildman–Crippen MR) is 100 cm³/mol. The minimum Gasteiger partial charge on any atom is -0.497 e. The Labute approximate surface area is 156 Å². The van der Waals surface area contributed by atoms with E-state index >= 15 is 0 Å². The monoisotopic (exact) mass is 374 g/mol. The van der Waals surface area contributed by atoms with Crippen molar-refractivity contribution in [2.75, 3.05) is 14.2 Å². The summed E-state index contributed by atoms with van der Waals surface area (Å²) in [5.41, 5.74) is 6.54. The number of aryl methyl sites for hydroxylation is 2. The standard InChI is InChI=1S/C19H22N2O4S/c1-24-14-8-13(9-15(11-14)25-2)18(22)20-21-19(23)17-10-12-6-4-3-5-7-16(12)26-17/h8-11H,3-7H2,1-2H3,(H,20,22)(H,21,23). The summed E-state index contributed by atoms with van der Waals surface area (Å²) in [6, 6.07) is 6.78. The number of rotatable bonds is 4. The van der Waals surface area contributed by atoms with Gasteiger partial charge in [0.15, 0.2) is 0 Å². The van der Waals surface area contributed by atoms with Crippen molar-refractivity contribution in [1.82, 2.24) is 10.9 Å². The Hall–Kier alpha value is -2.54. The number of methoxy groups -OCH3 is 2. The number of hydrazine groups is 1. The molecule has 7 heteroatoms. The van der Waals surface area contributed by atoms with E-state index in [0.717, 1.165) is 12.8 Å². The maximum absolute atomic E-state index is 12.4. The van der Waals surface area contributed by atoms with E-state index in [4.69, 9.17) is 9.47 Å². The van der Waals surface area contributed by atoms with Crippen LogP contribution >= 0.6 is 11.3 Å². The van der Waals surface area contributed by atoms with Gasteiger partial charge in [-0.05, 0) is 49.4 Å². The first kappa shape index (κ1) is 18.3. The molecule has 0 unspecified atom stereocenters. The second-order valence-electron chi connectivity index (χ2n) is 6.13. The molecule has 0 bridgehead atoms. The number of ether oxygens (including phenoxy) is 2. The van der Waals surface area contributed by atoms with Crippen LogP contribution < -0.4 is 20.3 Å². The van der Waals surface area contributed by atoms with Crippen LogP contribution in [0, 0.1) is 0 Å². The minimum absolute atomic E-state index is 0.300. The maximum Gasteiger partial charge on any atom is 0.279 e. The molecule has 3 rings (SSSR count). The third-order valence-electron chi connectivity index (χ3n) is 4.37. The summed E-state index contributed by atoms with van der Waals surface area (Å²) in [5, 5.41) is 0. The highest BCUT2D eigenvalue weighted by Crippen LogP contribution is 2.29. The van der Waals surface area contributed by atoms with Crippen LogP contribution in [0.15, 0.2) is 24.3 Å². The van der Waals surface area contributed by atoms with Crippen LogP contribution in [0.5, 0.6) is 11.5 Å². The van der Waals surface area contributed by atoms with E-state index in [1.54, 1.807) is 18.2 Å². The zero-order chi connectivity index (χ0) is 18.5. The second kappa shape index (κ2) is 8.23. The predicted octanol–water partition coefficient (Wildman–Crippen LogP) is 3.11. The van der Waals surface area contributed by atoms with Gasteiger partial charge in [-0.2, -0.15) is 0 Å². The van der Waals surface area contributed by atoms with E-state index in [9.17, 15) is 9.59 Å². The normalized spacial score (nSPS) is 13.3. The summed E-state index contributed by atoms with van der Waals surface area (Å²) < 4.78 is 10.3. The maximum atomic E-state index is 12.4. The number of fused-ring (bicyclic) bond motifs is 1. The lowest BCUT2D eigenvalue weighted by molar-refractivity contribution is 0.0848. The van der Waals surface area contributed by atoms with Gasteiger partial charge >= 0.3 is 0 Å². The third-order valence-corrected chi connectivity index (χ3v) is 5.61. The number of amides is 2.